The number of esters is 1. The molecule has 1 atom stereocenters. The van der Waals surface area contributed by atoms with Crippen LogP contribution < -0.4 is 10.2 Å². The van der Waals surface area contributed by atoms with E-state index in [0.29, 0.717) is 31.1 Å². The number of amides is 1. The quantitative estimate of drug-likeness (QED) is 0.655. The number of hydrogen-bond acceptors (Lipinski definition) is 6. The zero-order valence-electron chi connectivity index (χ0n) is 20.6. The summed E-state index contributed by atoms with van der Waals surface area (Å²) in [6.45, 7) is 13.4. The van der Waals surface area contributed by atoms with Gasteiger partial charge in [-0.25, -0.2) is 14.6 Å². The summed E-state index contributed by atoms with van der Waals surface area (Å²) < 4.78 is 12.7. The second kappa shape index (κ2) is 10.3. The molecule has 2 heterocycles. The molecule has 0 unspecified atom stereocenters. The Kier molecular flexibility index (Phi) is 7.66. The highest BCUT2D eigenvalue weighted by atomic mass is 16.6. The number of aromatic nitrogens is 2. The van der Waals surface area contributed by atoms with E-state index < -0.39 is 11.7 Å². The Morgan fingerprint density at radius 3 is 2.61 bits per heavy atom. The van der Waals surface area contributed by atoms with Crippen LogP contribution in [0.3, 0.4) is 0 Å². The van der Waals surface area contributed by atoms with Gasteiger partial charge in [0.1, 0.15) is 5.60 Å². The fraction of sp³-hybridized carbons (Fsp3) is 0.560. The van der Waals surface area contributed by atoms with Crippen molar-refractivity contribution in [3.05, 3.63) is 46.8 Å². The number of imidazole rings is 1. The van der Waals surface area contributed by atoms with Crippen molar-refractivity contribution >= 4 is 18.0 Å². The highest BCUT2D eigenvalue weighted by Gasteiger charge is 2.30. The van der Waals surface area contributed by atoms with Gasteiger partial charge >= 0.3 is 12.1 Å². The monoisotopic (exact) mass is 456 g/mol. The molecule has 0 saturated carbocycles. The molecule has 1 saturated heterocycles. The number of carbonyl (C=O) groups excluding carboxylic acids is 2. The first-order valence-corrected chi connectivity index (χ1v) is 11.6. The molecule has 1 aliphatic heterocycles. The lowest BCUT2D eigenvalue weighted by molar-refractivity contribution is 0.0495. The van der Waals surface area contributed by atoms with E-state index in [1.165, 1.54) is 0 Å². The second-order valence-electron chi connectivity index (χ2n) is 9.51. The summed E-state index contributed by atoms with van der Waals surface area (Å²) >= 11 is 0. The van der Waals surface area contributed by atoms with E-state index in [1.54, 1.807) is 6.92 Å². The Hall–Kier alpha value is -3.03. The predicted molar refractivity (Wildman–Crippen MR) is 128 cm³/mol. The van der Waals surface area contributed by atoms with Gasteiger partial charge in [-0.05, 0) is 65.5 Å². The van der Waals surface area contributed by atoms with E-state index in [0.717, 1.165) is 36.5 Å². The van der Waals surface area contributed by atoms with Gasteiger partial charge in [0.15, 0.2) is 5.69 Å². The van der Waals surface area contributed by atoms with E-state index in [1.807, 2.05) is 44.4 Å². The van der Waals surface area contributed by atoms with Crippen LogP contribution in [0.2, 0.25) is 0 Å². The molecule has 3 rings (SSSR count). The number of ether oxygens (including phenoxy) is 2. The van der Waals surface area contributed by atoms with Crippen LogP contribution in [0.4, 0.5) is 10.7 Å². The van der Waals surface area contributed by atoms with Gasteiger partial charge in [-0.1, -0.05) is 24.3 Å². The third-order valence-corrected chi connectivity index (χ3v) is 5.61. The fourth-order valence-corrected chi connectivity index (χ4v) is 4.12. The average Bonchev–Trinajstić information content (AvgIpc) is 3.04. The number of alkyl carbamates (subject to hydrolysis) is 1. The molecule has 0 spiro atoms. The minimum absolute atomic E-state index is 0.0661. The number of rotatable bonds is 6. The van der Waals surface area contributed by atoms with Crippen molar-refractivity contribution in [2.45, 2.75) is 72.6 Å². The van der Waals surface area contributed by atoms with E-state index >= 15 is 0 Å². The second-order valence-corrected chi connectivity index (χ2v) is 9.51. The van der Waals surface area contributed by atoms with Crippen LogP contribution in [0.1, 0.15) is 67.8 Å². The molecule has 1 amide bonds. The van der Waals surface area contributed by atoms with Crippen molar-refractivity contribution < 1.29 is 19.1 Å². The molecule has 1 aromatic heterocycles. The highest BCUT2D eigenvalue weighted by Crippen LogP contribution is 2.26. The lowest BCUT2D eigenvalue weighted by Gasteiger charge is -2.34. The summed E-state index contributed by atoms with van der Waals surface area (Å²) in [4.78, 5) is 32.0. The van der Waals surface area contributed by atoms with E-state index in [-0.39, 0.29) is 12.0 Å². The smallest absolute Gasteiger partial charge is 0.407 e. The summed E-state index contributed by atoms with van der Waals surface area (Å²) in [6.07, 6.45) is 1.34. The third kappa shape index (κ3) is 6.27. The summed E-state index contributed by atoms with van der Waals surface area (Å²) in [7, 11) is 0. The molecule has 180 valence electrons. The SMILES string of the molecule is CCOC(=O)c1c(C)nc(N2CCC[C@@H](NC(=O)OC(C)(C)C)C2)n1Cc1ccccc1C. The van der Waals surface area contributed by atoms with Crippen molar-refractivity contribution in [3.63, 3.8) is 0 Å². The molecule has 0 aliphatic carbocycles. The van der Waals surface area contributed by atoms with Crippen molar-refractivity contribution in [1.29, 1.82) is 0 Å². The van der Waals surface area contributed by atoms with E-state index in [4.69, 9.17) is 14.5 Å². The van der Waals surface area contributed by atoms with Crippen LogP contribution >= 0.6 is 0 Å². The topological polar surface area (TPSA) is 85.7 Å². The number of anilines is 1. The van der Waals surface area contributed by atoms with Crippen molar-refractivity contribution in [3.8, 4) is 0 Å². The van der Waals surface area contributed by atoms with E-state index in [9.17, 15) is 9.59 Å². The average molecular weight is 457 g/mol. The molecule has 0 bridgehead atoms. The molecular formula is C25H36N4O4. The number of carbonyl (C=O) groups is 2. The minimum atomic E-state index is -0.548. The fourth-order valence-electron chi connectivity index (χ4n) is 4.12. The Morgan fingerprint density at radius 2 is 1.94 bits per heavy atom. The Balaban J connectivity index is 1.89. The van der Waals surface area contributed by atoms with Gasteiger partial charge in [0.05, 0.1) is 18.8 Å². The summed E-state index contributed by atoms with van der Waals surface area (Å²) in [5.41, 5.74) is 2.82. The van der Waals surface area contributed by atoms with Gasteiger partial charge in [-0.2, -0.15) is 0 Å². The van der Waals surface area contributed by atoms with Crippen LogP contribution in [0.15, 0.2) is 24.3 Å². The maximum Gasteiger partial charge on any atom is 0.407 e. The van der Waals surface area contributed by atoms with Crippen LogP contribution in [0, 0.1) is 13.8 Å². The number of nitrogens with one attached hydrogen (secondary N) is 1. The zero-order valence-corrected chi connectivity index (χ0v) is 20.6. The molecule has 8 nitrogen and oxygen atoms in total. The molecule has 1 aromatic carbocycles. The molecule has 2 aromatic rings. The molecule has 8 heteroatoms. The first-order valence-electron chi connectivity index (χ1n) is 11.6. The standard InChI is InChI=1S/C25H36N4O4/c1-7-32-22(30)21-18(3)26-23(29(21)15-19-12-9-8-11-17(19)2)28-14-10-13-20(16-28)27-24(31)33-25(4,5)6/h8-9,11-12,20H,7,10,13-16H2,1-6H3,(H,27,31)/t20-/m1/s1. The number of benzene rings is 1. The van der Waals surface area contributed by atoms with Gasteiger partial charge in [-0.15, -0.1) is 0 Å². The van der Waals surface area contributed by atoms with Crippen LogP contribution in [-0.4, -0.2) is 53.0 Å². The van der Waals surface area contributed by atoms with Crippen molar-refractivity contribution in [2.24, 2.45) is 0 Å². The van der Waals surface area contributed by atoms with Gasteiger partial charge < -0.3 is 19.7 Å². The predicted octanol–water partition coefficient (Wildman–Crippen LogP) is 4.22. The van der Waals surface area contributed by atoms with Gasteiger partial charge in [0.25, 0.3) is 0 Å². The summed E-state index contributed by atoms with van der Waals surface area (Å²) in [5.74, 6) is 0.345. The zero-order chi connectivity index (χ0) is 24.2. The highest BCUT2D eigenvalue weighted by molar-refractivity contribution is 5.89. The largest absolute Gasteiger partial charge is 0.461 e. The number of nitrogens with zero attached hydrogens (tertiary/aromatic N) is 3. The maximum absolute atomic E-state index is 12.8. The number of hydrogen-bond donors (Lipinski definition) is 1. The summed E-state index contributed by atoms with van der Waals surface area (Å²) in [5, 5.41) is 2.99. The van der Waals surface area contributed by atoms with Crippen LogP contribution in [-0.2, 0) is 16.0 Å². The lowest BCUT2D eigenvalue weighted by atomic mass is 10.1. The van der Waals surface area contributed by atoms with Crippen LogP contribution in [0.25, 0.3) is 0 Å². The Morgan fingerprint density at radius 1 is 1.21 bits per heavy atom. The molecule has 1 aliphatic rings. The Labute approximate surface area is 196 Å². The van der Waals surface area contributed by atoms with E-state index in [2.05, 4.69) is 29.3 Å². The maximum atomic E-state index is 12.8. The molecule has 33 heavy (non-hydrogen) atoms. The molecule has 1 fully saturated rings. The number of piperidine rings is 1. The van der Waals surface area contributed by atoms with Crippen LogP contribution in [0.5, 0.6) is 0 Å². The minimum Gasteiger partial charge on any atom is -0.461 e. The van der Waals surface area contributed by atoms with Crippen molar-refractivity contribution in [2.75, 3.05) is 24.6 Å². The Bertz CT molecular complexity index is 993. The molecule has 1 N–H and O–H groups in total. The lowest BCUT2D eigenvalue weighted by Crippen LogP contribution is -2.49. The van der Waals surface area contributed by atoms with Gasteiger partial charge in [0.2, 0.25) is 5.95 Å². The first kappa shape index (κ1) is 24.6. The van der Waals surface area contributed by atoms with Gasteiger partial charge in [-0.3, -0.25) is 4.57 Å². The number of aryl methyl sites for hydroxylation is 2. The van der Waals surface area contributed by atoms with Crippen molar-refractivity contribution in [1.82, 2.24) is 14.9 Å². The molecule has 0 radical (unpaired) electrons. The first-order chi connectivity index (χ1) is 15.6. The molecular weight excluding hydrogens is 420 g/mol. The summed E-state index contributed by atoms with van der Waals surface area (Å²) in [6, 6.07) is 8.06. The van der Waals surface area contributed by atoms with Gasteiger partial charge in [0, 0.05) is 19.1 Å². The third-order valence-electron chi connectivity index (χ3n) is 5.61. The normalized spacial score (nSPS) is 16.4.